The molecule has 0 aromatic rings. The van der Waals surface area contributed by atoms with Gasteiger partial charge in [-0.15, -0.1) is 0 Å². The summed E-state index contributed by atoms with van der Waals surface area (Å²) in [5.74, 6) is 0. The maximum atomic E-state index is 5.53. The Balaban J connectivity index is 3.81. The number of rotatable bonds is 5. The van der Waals surface area contributed by atoms with E-state index in [-0.39, 0.29) is 6.10 Å². The van der Waals surface area contributed by atoms with E-state index in [2.05, 4.69) is 6.92 Å². The van der Waals surface area contributed by atoms with Gasteiger partial charge in [-0.1, -0.05) is 6.92 Å². The lowest BCUT2D eigenvalue weighted by Gasteiger charge is -2.20. The van der Waals surface area contributed by atoms with Crippen LogP contribution in [0.4, 0.5) is 0 Å². The van der Waals surface area contributed by atoms with Crippen molar-refractivity contribution in [3.05, 3.63) is 0 Å². The first-order chi connectivity index (χ1) is 5.02. The Bertz CT molecular complexity index is 149. The average molecular weight is 196 g/mol. The molecule has 0 fully saturated rings. The Morgan fingerprint density at radius 2 is 2.00 bits per heavy atom. The summed E-state index contributed by atoms with van der Waals surface area (Å²) >= 11 is 5.15. The van der Waals surface area contributed by atoms with Gasteiger partial charge in [-0.05, 0) is 32.1 Å². The fraction of sp³-hybridized carbons (Fsp3) is 1.00. The van der Waals surface area contributed by atoms with Gasteiger partial charge in [-0.25, -0.2) is 0 Å². The zero-order valence-electron chi connectivity index (χ0n) is 7.66. The van der Waals surface area contributed by atoms with Crippen LogP contribution in [0.2, 0.25) is 0 Å². The van der Waals surface area contributed by atoms with Crippen LogP contribution in [0.1, 0.15) is 27.2 Å². The molecule has 0 aliphatic rings. The second-order valence-corrected chi connectivity index (χ2v) is 6.51. The van der Waals surface area contributed by atoms with E-state index >= 15 is 0 Å². The molecule has 0 bridgehead atoms. The van der Waals surface area contributed by atoms with Crippen LogP contribution in [-0.4, -0.2) is 19.4 Å². The van der Waals surface area contributed by atoms with Crippen LogP contribution < -0.4 is 0 Å². The zero-order valence-corrected chi connectivity index (χ0v) is 9.37. The fourth-order valence-electron chi connectivity index (χ4n) is 0.666. The number of hydrogen-bond acceptors (Lipinski definition) is 3. The molecule has 0 spiro atoms. The normalized spacial score (nSPS) is 19.3. The third-order valence-electron chi connectivity index (χ3n) is 1.31. The van der Waals surface area contributed by atoms with E-state index in [0.717, 1.165) is 6.42 Å². The molecule has 2 nitrogen and oxygen atoms in total. The molecule has 0 aromatic heterocycles. The summed E-state index contributed by atoms with van der Waals surface area (Å²) in [4.78, 5) is 0. The van der Waals surface area contributed by atoms with Crippen molar-refractivity contribution in [3.8, 4) is 0 Å². The first-order valence-electron chi connectivity index (χ1n) is 3.92. The quantitative estimate of drug-likeness (QED) is 0.630. The van der Waals surface area contributed by atoms with Crippen LogP contribution in [0.3, 0.4) is 0 Å². The predicted molar refractivity (Wildman–Crippen MR) is 52.7 cm³/mol. The first-order valence-corrected chi connectivity index (χ1v) is 7.00. The molecule has 4 heteroatoms. The molecule has 0 aliphatic heterocycles. The summed E-state index contributed by atoms with van der Waals surface area (Å²) in [6.07, 6.45) is 1.21. The molecule has 0 heterocycles. The van der Waals surface area contributed by atoms with Gasteiger partial charge in [0.1, 0.15) is 0 Å². The highest BCUT2D eigenvalue weighted by Gasteiger charge is 2.13. The van der Waals surface area contributed by atoms with E-state index in [1.165, 1.54) is 0 Å². The van der Waals surface area contributed by atoms with E-state index in [0.29, 0.717) is 6.61 Å². The third kappa shape index (κ3) is 5.80. The van der Waals surface area contributed by atoms with Gasteiger partial charge in [0.15, 0.2) is 6.49 Å². The molecule has 0 rings (SSSR count). The standard InChI is InChI=1S/C7H17O2PS/c1-5-7(3)9-10(4,11)8-6-2/h7H,5-6H2,1-4H3/t7-,10?/m1/s1. The molecule has 0 saturated carbocycles. The highest BCUT2D eigenvalue weighted by atomic mass is 32.5. The van der Waals surface area contributed by atoms with Crippen molar-refractivity contribution in [1.82, 2.24) is 0 Å². The van der Waals surface area contributed by atoms with Crippen molar-refractivity contribution >= 4 is 18.3 Å². The molecular formula is C7H17O2PS. The minimum atomic E-state index is -1.93. The Hall–Kier alpha value is 0.570. The van der Waals surface area contributed by atoms with Gasteiger partial charge in [-0.3, -0.25) is 0 Å². The summed E-state index contributed by atoms with van der Waals surface area (Å²) in [6, 6.07) is 0. The van der Waals surface area contributed by atoms with Crippen LogP contribution in [0.5, 0.6) is 0 Å². The van der Waals surface area contributed by atoms with Crippen LogP contribution in [0.15, 0.2) is 0 Å². The molecule has 0 amide bonds. The molecule has 2 atom stereocenters. The lowest BCUT2D eigenvalue weighted by Crippen LogP contribution is -2.05. The van der Waals surface area contributed by atoms with Crippen molar-refractivity contribution in [3.63, 3.8) is 0 Å². The third-order valence-corrected chi connectivity index (χ3v) is 3.35. The van der Waals surface area contributed by atoms with E-state index < -0.39 is 6.49 Å². The van der Waals surface area contributed by atoms with E-state index in [4.69, 9.17) is 20.9 Å². The summed E-state index contributed by atoms with van der Waals surface area (Å²) in [5.41, 5.74) is 0. The van der Waals surface area contributed by atoms with Crippen molar-refractivity contribution < 1.29 is 9.05 Å². The lowest BCUT2D eigenvalue weighted by molar-refractivity contribution is 0.194. The zero-order chi connectivity index (χ0) is 8.91. The smallest absolute Gasteiger partial charge is 0.185 e. The van der Waals surface area contributed by atoms with Gasteiger partial charge in [0.25, 0.3) is 0 Å². The van der Waals surface area contributed by atoms with Crippen molar-refractivity contribution in [2.24, 2.45) is 0 Å². The summed E-state index contributed by atoms with van der Waals surface area (Å²) in [6.45, 7) is 6.61. The van der Waals surface area contributed by atoms with Gasteiger partial charge in [0.05, 0.1) is 12.7 Å². The SMILES string of the molecule is CCOP(C)(=S)O[C@H](C)CC. The largest absolute Gasteiger partial charge is 0.330 e. The highest BCUT2D eigenvalue weighted by molar-refractivity contribution is 8.09. The first kappa shape index (κ1) is 11.6. The molecule has 0 N–H and O–H groups in total. The Labute approximate surface area is 74.4 Å². The van der Waals surface area contributed by atoms with Gasteiger partial charge >= 0.3 is 0 Å². The van der Waals surface area contributed by atoms with E-state index in [1.807, 2.05) is 20.5 Å². The topological polar surface area (TPSA) is 18.5 Å². The minimum Gasteiger partial charge on any atom is -0.330 e. The lowest BCUT2D eigenvalue weighted by atomic mass is 10.3. The molecule has 11 heavy (non-hydrogen) atoms. The van der Waals surface area contributed by atoms with Crippen LogP contribution in [-0.2, 0) is 20.9 Å². The molecule has 68 valence electrons. The molecule has 1 unspecified atom stereocenters. The van der Waals surface area contributed by atoms with Gasteiger partial charge < -0.3 is 9.05 Å². The summed E-state index contributed by atoms with van der Waals surface area (Å²) in [7, 11) is 0. The van der Waals surface area contributed by atoms with Crippen LogP contribution in [0.25, 0.3) is 0 Å². The van der Waals surface area contributed by atoms with Gasteiger partial charge in [-0.2, -0.15) is 0 Å². The Morgan fingerprint density at radius 3 is 2.36 bits per heavy atom. The molecule has 0 radical (unpaired) electrons. The van der Waals surface area contributed by atoms with E-state index in [9.17, 15) is 0 Å². The second kappa shape index (κ2) is 5.26. The van der Waals surface area contributed by atoms with Crippen molar-refractivity contribution in [2.75, 3.05) is 13.3 Å². The monoisotopic (exact) mass is 196 g/mol. The van der Waals surface area contributed by atoms with Gasteiger partial charge in [0.2, 0.25) is 0 Å². The maximum Gasteiger partial charge on any atom is 0.185 e. The molecule has 0 saturated heterocycles. The number of hydrogen-bond donors (Lipinski definition) is 0. The Morgan fingerprint density at radius 1 is 1.45 bits per heavy atom. The minimum absolute atomic E-state index is 0.220. The summed E-state index contributed by atoms with van der Waals surface area (Å²) < 4.78 is 10.8. The highest BCUT2D eigenvalue weighted by Crippen LogP contribution is 2.45. The van der Waals surface area contributed by atoms with Crippen molar-refractivity contribution in [1.29, 1.82) is 0 Å². The van der Waals surface area contributed by atoms with Crippen LogP contribution >= 0.6 is 6.49 Å². The molecule has 0 aliphatic carbocycles. The second-order valence-electron chi connectivity index (χ2n) is 2.51. The van der Waals surface area contributed by atoms with Gasteiger partial charge in [0, 0.05) is 6.66 Å². The molecule has 0 aromatic carbocycles. The maximum absolute atomic E-state index is 5.53. The average Bonchev–Trinajstić information content (AvgIpc) is 1.86. The fourth-order valence-corrected chi connectivity index (χ4v) is 2.76. The van der Waals surface area contributed by atoms with Crippen LogP contribution in [0, 0.1) is 0 Å². The molecular weight excluding hydrogens is 179 g/mol. The predicted octanol–water partition coefficient (Wildman–Crippen LogP) is 2.78. The van der Waals surface area contributed by atoms with Crippen molar-refractivity contribution in [2.45, 2.75) is 33.3 Å². The van der Waals surface area contributed by atoms with E-state index in [1.54, 1.807) is 0 Å². The summed E-state index contributed by atoms with van der Waals surface area (Å²) in [5, 5.41) is 0. The Kier molecular flexibility index (Phi) is 5.53.